The van der Waals surface area contributed by atoms with Crippen LogP contribution in [0.4, 0.5) is 10.1 Å². The molecule has 0 fully saturated rings. The molecular weight excluding hydrogens is 267 g/mol. The SMILES string of the molecule is CCC(C)NS(=O)(=O)c1cc(N)c(F)cc1Cl. The fourth-order valence-electron chi connectivity index (χ4n) is 1.16. The average Bonchev–Trinajstić information content (AvgIpc) is 2.22. The number of anilines is 1. The van der Waals surface area contributed by atoms with Crippen LogP contribution in [0.2, 0.25) is 5.02 Å². The molecule has 0 spiro atoms. The summed E-state index contributed by atoms with van der Waals surface area (Å²) in [5.41, 5.74) is 5.07. The minimum absolute atomic E-state index is 0.187. The van der Waals surface area contributed by atoms with Crippen LogP contribution in [0.1, 0.15) is 20.3 Å². The third-order valence-corrected chi connectivity index (χ3v) is 4.36. The van der Waals surface area contributed by atoms with E-state index in [9.17, 15) is 12.8 Å². The Hall–Kier alpha value is -0.850. The van der Waals surface area contributed by atoms with Crippen molar-refractivity contribution < 1.29 is 12.8 Å². The molecule has 0 aliphatic rings. The summed E-state index contributed by atoms with van der Waals surface area (Å²) in [5, 5.41) is -0.187. The van der Waals surface area contributed by atoms with Crippen molar-refractivity contribution in [2.45, 2.75) is 31.2 Å². The fourth-order valence-corrected chi connectivity index (χ4v) is 3.04. The molecule has 1 atom stereocenters. The van der Waals surface area contributed by atoms with Crippen molar-refractivity contribution in [2.75, 3.05) is 5.73 Å². The highest BCUT2D eigenvalue weighted by Crippen LogP contribution is 2.26. The van der Waals surface area contributed by atoms with Crippen LogP contribution in [0.3, 0.4) is 0 Å². The van der Waals surface area contributed by atoms with E-state index in [1.165, 1.54) is 0 Å². The second kappa shape index (κ2) is 5.20. The van der Waals surface area contributed by atoms with Gasteiger partial charge in [-0.05, 0) is 25.5 Å². The van der Waals surface area contributed by atoms with Gasteiger partial charge in [-0.2, -0.15) is 0 Å². The summed E-state index contributed by atoms with van der Waals surface area (Å²) in [4.78, 5) is -0.210. The molecule has 7 heteroatoms. The standard InChI is InChI=1S/C10H14ClFN2O2S/c1-3-6(2)14-17(15,16)10-5-9(13)8(12)4-7(10)11/h4-6,14H,3,13H2,1-2H3. The molecule has 3 N–H and O–H groups in total. The van der Waals surface area contributed by atoms with E-state index in [1.54, 1.807) is 6.92 Å². The molecule has 0 aliphatic carbocycles. The molecule has 0 aromatic heterocycles. The second-order valence-electron chi connectivity index (χ2n) is 3.73. The van der Waals surface area contributed by atoms with Gasteiger partial charge in [0.25, 0.3) is 0 Å². The van der Waals surface area contributed by atoms with Gasteiger partial charge in [-0.15, -0.1) is 0 Å². The quantitative estimate of drug-likeness (QED) is 0.830. The summed E-state index contributed by atoms with van der Waals surface area (Å²) in [5.74, 6) is -0.738. The zero-order valence-corrected chi connectivity index (χ0v) is 11.1. The Balaban J connectivity index is 3.20. The van der Waals surface area contributed by atoms with E-state index in [0.717, 1.165) is 12.1 Å². The number of benzene rings is 1. The van der Waals surface area contributed by atoms with Crippen LogP contribution in [0, 0.1) is 5.82 Å². The second-order valence-corrected chi connectivity index (χ2v) is 5.82. The van der Waals surface area contributed by atoms with Crippen LogP contribution in [-0.4, -0.2) is 14.5 Å². The molecule has 0 heterocycles. The Labute approximate surface area is 105 Å². The monoisotopic (exact) mass is 280 g/mol. The van der Waals surface area contributed by atoms with Gasteiger partial charge in [-0.1, -0.05) is 18.5 Å². The van der Waals surface area contributed by atoms with Gasteiger partial charge in [-0.3, -0.25) is 0 Å². The maximum Gasteiger partial charge on any atom is 0.242 e. The minimum atomic E-state index is -3.77. The average molecular weight is 281 g/mol. The molecule has 1 aromatic rings. The molecule has 96 valence electrons. The highest BCUT2D eigenvalue weighted by molar-refractivity contribution is 7.89. The molecule has 0 aliphatic heterocycles. The molecule has 1 unspecified atom stereocenters. The normalized spacial score (nSPS) is 13.6. The summed E-state index contributed by atoms with van der Waals surface area (Å²) in [6, 6.07) is 1.67. The molecule has 0 saturated heterocycles. The fraction of sp³-hybridized carbons (Fsp3) is 0.400. The molecule has 17 heavy (non-hydrogen) atoms. The van der Waals surface area contributed by atoms with E-state index in [1.807, 2.05) is 6.92 Å². The van der Waals surface area contributed by atoms with E-state index in [-0.39, 0.29) is 21.6 Å². The number of nitrogens with two attached hydrogens (primary N) is 1. The number of nitrogen functional groups attached to an aromatic ring is 1. The lowest BCUT2D eigenvalue weighted by atomic mass is 10.3. The van der Waals surface area contributed by atoms with Gasteiger partial charge in [0.05, 0.1) is 10.7 Å². The Morgan fingerprint density at radius 3 is 2.65 bits per heavy atom. The van der Waals surface area contributed by atoms with Crippen molar-refractivity contribution in [2.24, 2.45) is 0 Å². The smallest absolute Gasteiger partial charge is 0.242 e. The van der Waals surface area contributed by atoms with Crippen molar-refractivity contribution in [1.29, 1.82) is 0 Å². The van der Waals surface area contributed by atoms with Crippen LogP contribution in [0.15, 0.2) is 17.0 Å². The first-order chi connectivity index (χ1) is 7.77. The highest BCUT2D eigenvalue weighted by Gasteiger charge is 2.21. The van der Waals surface area contributed by atoms with Crippen molar-refractivity contribution in [3.8, 4) is 0 Å². The number of halogens is 2. The molecule has 4 nitrogen and oxygen atoms in total. The van der Waals surface area contributed by atoms with Gasteiger partial charge >= 0.3 is 0 Å². The number of rotatable bonds is 4. The number of nitrogens with one attached hydrogen (secondary N) is 1. The van der Waals surface area contributed by atoms with Gasteiger partial charge in [0.15, 0.2) is 0 Å². The van der Waals surface area contributed by atoms with E-state index in [0.29, 0.717) is 6.42 Å². The van der Waals surface area contributed by atoms with Crippen LogP contribution >= 0.6 is 11.6 Å². The number of hydrogen-bond acceptors (Lipinski definition) is 3. The third-order valence-electron chi connectivity index (χ3n) is 2.31. The zero-order chi connectivity index (χ0) is 13.2. The lowest BCUT2D eigenvalue weighted by Crippen LogP contribution is -2.32. The van der Waals surface area contributed by atoms with Crippen molar-refractivity contribution in [3.05, 3.63) is 23.0 Å². The predicted octanol–water partition coefficient (Wildman–Crippen LogP) is 2.14. The maximum absolute atomic E-state index is 13.1. The van der Waals surface area contributed by atoms with Crippen molar-refractivity contribution >= 4 is 27.3 Å². The summed E-state index contributed by atoms with van der Waals surface area (Å²) < 4.78 is 39.3. The Morgan fingerprint density at radius 2 is 2.12 bits per heavy atom. The molecule has 0 amide bonds. The van der Waals surface area contributed by atoms with E-state index in [2.05, 4.69) is 4.72 Å². The molecule has 0 radical (unpaired) electrons. The minimum Gasteiger partial charge on any atom is -0.396 e. The van der Waals surface area contributed by atoms with E-state index < -0.39 is 15.8 Å². The maximum atomic E-state index is 13.1. The van der Waals surface area contributed by atoms with Crippen LogP contribution in [-0.2, 0) is 10.0 Å². The van der Waals surface area contributed by atoms with E-state index >= 15 is 0 Å². The summed E-state index contributed by atoms with van der Waals surface area (Å²) in [6.07, 6.45) is 0.632. The summed E-state index contributed by atoms with van der Waals surface area (Å²) >= 11 is 5.70. The largest absolute Gasteiger partial charge is 0.396 e. The van der Waals surface area contributed by atoms with Crippen molar-refractivity contribution in [1.82, 2.24) is 4.72 Å². The lowest BCUT2D eigenvalue weighted by molar-refractivity contribution is 0.555. The van der Waals surface area contributed by atoms with Gasteiger partial charge < -0.3 is 5.73 Å². The Kier molecular flexibility index (Phi) is 4.35. The third kappa shape index (κ3) is 3.31. The van der Waals surface area contributed by atoms with Crippen LogP contribution in [0.25, 0.3) is 0 Å². The van der Waals surface area contributed by atoms with Gasteiger partial charge in [-0.25, -0.2) is 17.5 Å². The zero-order valence-electron chi connectivity index (χ0n) is 9.50. The first-order valence-corrected chi connectivity index (χ1v) is 6.91. The topological polar surface area (TPSA) is 72.2 Å². The van der Waals surface area contributed by atoms with Gasteiger partial charge in [0.1, 0.15) is 10.7 Å². The molecule has 1 aromatic carbocycles. The molecule has 0 saturated carbocycles. The summed E-state index contributed by atoms with van der Waals surface area (Å²) in [7, 11) is -3.77. The van der Waals surface area contributed by atoms with Crippen LogP contribution in [0.5, 0.6) is 0 Å². The molecule has 1 rings (SSSR count). The van der Waals surface area contributed by atoms with E-state index in [4.69, 9.17) is 17.3 Å². The predicted molar refractivity (Wildman–Crippen MR) is 65.9 cm³/mol. The van der Waals surface area contributed by atoms with Crippen LogP contribution < -0.4 is 10.5 Å². The molecular formula is C10H14ClFN2O2S. The summed E-state index contributed by atoms with van der Waals surface area (Å²) in [6.45, 7) is 3.56. The Bertz CT molecular complexity index is 519. The first-order valence-electron chi connectivity index (χ1n) is 5.04. The molecule has 0 bridgehead atoms. The van der Waals surface area contributed by atoms with Crippen molar-refractivity contribution in [3.63, 3.8) is 0 Å². The van der Waals surface area contributed by atoms with Gasteiger partial charge in [0.2, 0.25) is 10.0 Å². The van der Waals surface area contributed by atoms with Gasteiger partial charge in [0, 0.05) is 6.04 Å². The Morgan fingerprint density at radius 1 is 1.53 bits per heavy atom. The first kappa shape index (κ1) is 14.2. The number of sulfonamides is 1. The number of hydrogen-bond donors (Lipinski definition) is 2. The lowest BCUT2D eigenvalue weighted by Gasteiger charge is -2.13. The highest BCUT2D eigenvalue weighted by atomic mass is 35.5.